The molecule has 5 heteroatoms. The molecule has 0 bridgehead atoms. The second-order valence-electron chi connectivity index (χ2n) is 4.68. The van der Waals surface area contributed by atoms with Crippen LogP contribution in [0.15, 0.2) is 30.3 Å². The van der Waals surface area contributed by atoms with Gasteiger partial charge in [-0.25, -0.2) is 4.98 Å². The highest BCUT2D eigenvalue weighted by atomic mass is 35.5. The van der Waals surface area contributed by atoms with Gasteiger partial charge in [-0.3, -0.25) is 0 Å². The number of nitrogens with two attached hydrogens (primary N) is 1. The highest BCUT2D eigenvalue weighted by molar-refractivity contribution is 6.30. The lowest BCUT2D eigenvalue weighted by Crippen LogP contribution is -2.03. The summed E-state index contributed by atoms with van der Waals surface area (Å²) in [6.45, 7) is 0.418. The van der Waals surface area contributed by atoms with Crippen LogP contribution in [0, 0.1) is 0 Å². The van der Waals surface area contributed by atoms with Gasteiger partial charge in [0.05, 0.1) is 0 Å². The van der Waals surface area contributed by atoms with E-state index in [1.54, 1.807) is 6.07 Å². The van der Waals surface area contributed by atoms with E-state index in [1.165, 1.54) is 0 Å². The molecular weight excluding hydrogens is 262 g/mol. The quantitative estimate of drug-likeness (QED) is 0.931. The smallest absolute Gasteiger partial charge is 0.219 e. The molecule has 98 valence electrons. The normalized spacial score (nSPS) is 14.4. The summed E-state index contributed by atoms with van der Waals surface area (Å²) in [6, 6.07) is 9.20. The van der Waals surface area contributed by atoms with Crippen molar-refractivity contribution < 1.29 is 4.74 Å². The minimum Gasteiger partial charge on any atom is -0.473 e. The Morgan fingerprint density at radius 2 is 2.11 bits per heavy atom. The molecule has 19 heavy (non-hydrogen) atoms. The first-order chi connectivity index (χ1) is 9.20. The first-order valence-electron chi connectivity index (χ1n) is 6.22. The summed E-state index contributed by atoms with van der Waals surface area (Å²) in [5.74, 6) is 2.23. The Balaban J connectivity index is 1.72. The van der Waals surface area contributed by atoms with E-state index < -0.39 is 0 Å². The molecule has 0 saturated heterocycles. The van der Waals surface area contributed by atoms with Crippen LogP contribution in [-0.4, -0.2) is 9.97 Å². The maximum Gasteiger partial charge on any atom is 0.219 e. The fraction of sp³-hybridized carbons (Fsp3) is 0.286. The van der Waals surface area contributed by atoms with E-state index in [0.717, 1.165) is 24.2 Å². The number of aromatic nitrogens is 2. The van der Waals surface area contributed by atoms with Crippen LogP contribution in [0.3, 0.4) is 0 Å². The maximum atomic E-state index is 5.93. The molecule has 1 aromatic carbocycles. The van der Waals surface area contributed by atoms with E-state index in [4.69, 9.17) is 22.1 Å². The summed E-state index contributed by atoms with van der Waals surface area (Å²) in [4.78, 5) is 8.62. The fourth-order valence-electron chi connectivity index (χ4n) is 1.84. The summed E-state index contributed by atoms with van der Waals surface area (Å²) in [6.07, 6.45) is 2.27. The topological polar surface area (TPSA) is 61.0 Å². The number of ether oxygens (including phenoxy) is 1. The molecular formula is C14H14ClN3O. The second kappa shape index (κ2) is 5.05. The van der Waals surface area contributed by atoms with Gasteiger partial charge in [0.1, 0.15) is 18.2 Å². The predicted octanol–water partition coefficient (Wildman–Crippen LogP) is 3.17. The van der Waals surface area contributed by atoms with Gasteiger partial charge in [0.15, 0.2) is 0 Å². The largest absolute Gasteiger partial charge is 0.473 e. The van der Waals surface area contributed by atoms with Crippen LogP contribution >= 0.6 is 11.6 Å². The highest BCUT2D eigenvalue weighted by Gasteiger charge is 2.27. The summed E-state index contributed by atoms with van der Waals surface area (Å²) < 4.78 is 5.66. The predicted molar refractivity (Wildman–Crippen MR) is 74.2 cm³/mol. The van der Waals surface area contributed by atoms with E-state index in [9.17, 15) is 0 Å². The first kappa shape index (κ1) is 12.2. The molecule has 2 aromatic rings. The number of benzene rings is 1. The zero-order valence-corrected chi connectivity index (χ0v) is 11.1. The molecule has 0 radical (unpaired) electrons. The molecule has 4 nitrogen and oxygen atoms in total. The maximum absolute atomic E-state index is 5.93. The van der Waals surface area contributed by atoms with E-state index in [2.05, 4.69) is 9.97 Å². The third-order valence-electron chi connectivity index (χ3n) is 2.96. The Kier molecular flexibility index (Phi) is 3.25. The van der Waals surface area contributed by atoms with E-state index in [0.29, 0.717) is 29.2 Å². The standard InChI is InChI=1S/C14H14ClN3O/c15-11-3-1-2-9(6-11)8-19-13-7-12(16)17-14(18-13)10-4-5-10/h1-3,6-7,10H,4-5,8H2,(H2,16,17,18). The van der Waals surface area contributed by atoms with Crippen molar-refractivity contribution in [2.75, 3.05) is 5.73 Å². The SMILES string of the molecule is Nc1cc(OCc2cccc(Cl)c2)nc(C2CC2)n1. The Labute approximate surface area is 116 Å². The third kappa shape index (κ3) is 3.15. The number of rotatable bonds is 4. The van der Waals surface area contributed by atoms with Crippen LogP contribution in [0.1, 0.15) is 30.1 Å². The van der Waals surface area contributed by atoms with Gasteiger partial charge in [-0.05, 0) is 30.5 Å². The van der Waals surface area contributed by atoms with Crippen molar-refractivity contribution >= 4 is 17.4 Å². The molecule has 0 atom stereocenters. The molecule has 3 rings (SSSR count). The zero-order valence-electron chi connectivity index (χ0n) is 10.3. The Morgan fingerprint density at radius 1 is 1.26 bits per heavy atom. The van der Waals surface area contributed by atoms with Gasteiger partial charge >= 0.3 is 0 Å². The molecule has 0 amide bonds. The molecule has 0 aliphatic heterocycles. The van der Waals surface area contributed by atoms with Crippen LogP contribution in [0.2, 0.25) is 5.02 Å². The summed E-state index contributed by atoms with van der Waals surface area (Å²) in [5, 5.41) is 0.696. The summed E-state index contributed by atoms with van der Waals surface area (Å²) >= 11 is 5.93. The highest BCUT2D eigenvalue weighted by Crippen LogP contribution is 2.38. The number of nitrogens with zero attached hydrogens (tertiary/aromatic N) is 2. The molecule has 1 aliphatic rings. The van der Waals surface area contributed by atoms with Crippen LogP contribution in [0.5, 0.6) is 5.88 Å². The van der Waals surface area contributed by atoms with Crippen LogP contribution in [0.25, 0.3) is 0 Å². The Morgan fingerprint density at radius 3 is 2.84 bits per heavy atom. The van der Waals surface area contributed by atoms with Crippen molar-refractivity contribution in [3.8, 4) is 5.88 Å². The molecule has 0 unspecified atom stereocenters. The molecule has 2 N–H and O–H groups in total. The first-order valence-corrected chi connectivity index (χ1v) is 6.60. The zero-order chi connectivity index (χ0) is 13.2. The average Bonchev–Trinajstić information content (AvgIpc) is 3.20. The van der Waals surface area contributed by atoms with E-state index in [1.807, 2.05) is 24.3 Å². The molecule has 1 heterocycles. The number of anilines is 1. The van der Waals surface area contributed by atoms with Crippen molar-refractivity contribution in [2.24, 2.45) is 0 Å². The monoisotopic (exact) mass is 275 g/mol. The van der Waals surface area contributed by atoms with Crippen molar-refractivity contribution in [1.82, 2.24) is 9.97 Å². The van der Waals surface area contributed by atoms with Gasteiger partial charge in [-0.1, -0.05) is 23.7 Å². The number of nitrogen functional groups attached to an aromatic ring is 1. The fourth-order valence-corrected chi connectivity index (χ4v) is 2.06. The van der Waals surface area contributed by atoms with Crippen molar-refractivity contribution in [1.29, 1.82) is 0 Å². The second-order valence-corrected chi connectivity index (χ2v) is 5.12. The molecule has 0 spiro atoms. The van der Waals surface area contributed by atoms with Gasteiger partial charge in [0.25, 0.3) is 0 Å². The van der Waals surface area contributed by atoms with Crippen LogP contribution in [0.4, 0.5) is 5.82 Å². The van der Waals surface area contributed by atoms with Crippen molar-refractivity contribution in [2.45, 2.75) is 25.4 Å². The minimum atomic E-state index is 0.418. The molecule has 1 aliphatic carbocycles. The van der Waals surface area contributed by atoms with E-state index >= 15 is 0 Å². The Bertz CT molecular complexity index is 599. The third-order valence-corrected chi connectivity index (χ3v) is 3.19. The summed E-state index contributed by atoms with van der Waals surface area (Å²) in [7, 11) is 0. The lowest BCUT2D eigenvalue weighted by atomic mass is 10.2. The molecule has 1 saturated carbocycles. The molecule has 1 fully saturated rings. The van der Waals surface area contributed by atoms with Gasteiger partial charge < -0.3 is 10.5 Å². The molecule has 1 aromatic heterocycles. The number of hydrogen-bond donors (Lipinski definition) is 1. The lowest BCUT2D eigenvalue weighted by molar-refractivity contribution is 0.292. The number of hydrogen-bond acceptors (Lipinski definition) is 4. The van der Waals surface area contributed by atoms with Gasteiger partial charge in [0.2, 0.25) is 5.88 Å². The lowest BCUT2D eigenvalue weighted by Gasteiger charge is -2.08. The Hall–Kier alpha value is -1.81. The van der Waals surface area contributed by atoms with E-state index in [-0.39, 0.29) is 0 Å². The van der Waals surface area contributed by atoms with Crippen molar-refractivity contribution in [3.05, 3.63) is 46.7 Å². The van der Waals surface area contributed by atoms with Crippen molar-refractivity contribution in [3.63, 3.8) is 0 Å². The summed E-state index contributed by atoms with van der Waals surface area (Å²) in [5.41, 5.74) is 6.76. The van der Waals surface area contributed by atoms with Crippen LogP contribution < -0.4 is 10.5 Å². The van der Waals surface area contributed by atoms with Crippen LogP contribution in [-0.2, 0) is 6.61 Å². The van der Waals surface area contributed by atoms with Gasteiger partial charge in [0, 0.05) is 17.0 Å². The average molecular weight is 276 g/mol. The van der Waals surface area contributed by atoms with Gasteiger partial charge in [-0.2, -0.15) is 4.98 Å². The minimum absolute atomic E-state index is 0.418. The van der Waals surface area contributed by atoms with Gasteiger partial charge in [-0.15, -0.1) is 0 Å². The number of halogens is 1.